The molecule has 1 fully saturated rings. The zero-order valence-electron chi connectivity index (χ0n) is 10.7. The van der Waals surface area contributed by atoms with E-state index in [1.807, 2.05) is 27.7 Å². The first-order valence-corrected chi connectivity index (χ1v) is 5.59. The molecule has 1 aliphatic heterocycles. The van der Waals surface area contributed by atoms with Gasteiger partial charge in [-0.25, -0.2) is 4.79 Å². The van der Waals surface area contributed by atoms with Gasteiger partial charge in [0.15, 0.2) is 0 Å². The molecule has 0 aliphatic carbocycles. The summed E-state index contributed by atoms with van der Waals surface area (Å²) in [5.74, 6) is 0. The van der Waals surface area contributed by atoms with E-state index in [4.69, 9.17) is 9.47 Å². The minimum absolute atomic E-state index is 0.00233. The fourth-order valence-electron chi connectivity index (χ4n) is 1.77. The molecule has 0 saturated carbocycles. The highest BCUT2D eigenvalue weighted by atomic mass is 16.6. The van der Waals surface area contributed by atoms with Crippen LogP contribution in [0.4, 0.5) is 4.79 Å². The summed E-state index contributed by atoms with van der Waals surface area (Å²) in [7, 11) is 1.65. The molecule has 1 rings (SSSR count). The molecule has 0 aromatic heterocycles. The lowest BCUT2D eigenvalue weighted by molar-refractivity contribution is 0.0400. The molecule has 0 aromatic carbocycles. The number of carbonyl (C=O) groups excluding carboxylic acids is 1. The molecule has 0 bridgehead atoms. The van der Waals surface area contributed by atoms with E-state index in [0.717, 1.165) is 6.54 Å². The number of rotatable bonds is 2. The van der Waals surface area contributed by atoms with Gasteiger partial charge in [0.2, 0.25) is 0 Å². The molecular formula is C11H22N2O3. The van der Waals surface area contributed by atoms with Crippen LogP contribution >= 0.6 is 0 Å². The molecule has 3 atom stereocenters. The van der Waals surface area contributed by atoms with Crippen molar-refractivity contribution in [1.29, 1.82) is 0 Å². The summed E-state index contributed by atoms with van der Waals surface area (Å²) in [5, 5.41) is 6.08. The Hall–Kier alpha value is -0.810. The molecule has 5 nitrogen and oxygen atoms in total. The Kier molecular flexibility index (Phi) is 4.15. The number of ether oxygens (including phenoxy) is 2. The molecule has 0 spiro atoms. The van der Waals surface area contributed by atoms with E-state index >= 15 is 0 Å². The Morgan fingerprint density at radius 2 is 2.06 bits per heavy atom. The first-order chi connectivity index (χ1) is 7.33. The summed E-state index contributed by atoms with van der Waals surface area (Å²) in [4.78, 5) is 11.6. The number of methoxy groups -OCH3 is 1. The maximum absolute atomic E-state index is 11.6. The standard InChI is InChI=1S/C11H22N2O3/c1-7-9(8(15-5)6-12-7)13-10(14)16-11(2,3)4/h7-9,12H,6H2,1-5H3,(H,13,14). The number of hydrogen-bond acceptors (Lipinski definition) is 4. The second-order valence-electron chi connectivity index (χ2n) is 5.14. The molecule has 1 aliphatic rings. The topological polar surface area (TPSA) is 59.6 Å². The van der Waals surface area contributed by atoms with Gasteiger partial charge in [-0.1, -0.05) is 0 Å². The lowest BCUT2D eigenvalue weighted by Crippen LogP contribution is -2.48. The maximum Gasteiger partial charge on any atom is 0.408 e. The highest BCUT2D eigenvalue weighted by molar-refractivity contribution is 5.68. The number of amides is 1. The summed E-state index contributed by atoms with van der Waals surface area (Å²) in [5.41, 5.74) is -0.470. The second-order valence-corrected chi connectivity index (χ2v) is 5.14. The minimum Gasteiger partial charge on any atom is -0.444 e. The van der Waals surface area contributed by atoms with Crippen LogP contribution in [0.5, 0.6) is 0 Å². The number of hydrogen-bond donors (Lipinski definition) is 2. The molecule has 3 unspecified atom stereocenters. The number of carbonyl (C=O) groups is 1. The predicted molar refractivity (Wildman–Crippen MR) is 61.4 cm³/mol. The highest BCUT2D eigenvalue weighted by Gasteiger charge is 2.35. The minimum atomic E-state index is -0.470. The third kappa shape index (κ3) is 3.64. The van der Waals surface area contributed by atoms with Crippen molar-refractivity contribution in [2.45, 2.75) is 51.5 Å². The lowest BCUT2D eigenvalue weighted by Gasteiger charge is -2.25. The average Bonchev–Trinajstić information content (AvgIpc) is 2.44. The summed E-state index contributed by atoms with van der Waals surface area (Å²) in [6.45, 7) is 8.29. The number of alkyl carbamates (subject to hydrolysis) is 1. The van der Waals surface area contributed by atoms with Crippen LogP contribution in [-0.4, -0.2) is 43.5 Å². The van der Waals surface area contributed by atoms with Gasteiger partial charge in [0, 0.05) is 19.7 Å². The summed E-state index contributed by atoms with van der Waals surface area (Å²) < 4.78 is 10.5. The van der Waals surface area contributed by atoms with Crippen molar-refractivity contribution in [2.75, 3.05) is 13.7 Å². The van der Waals surface area contributed by atoms with Crippen LogP contribution in [0, 0.1) is 0 Å². The van der Waals surface area contributed by atoms with Crippen molar-refractivity contribution < 1.29 is 14.3 Å². The SMILES string of the molecule is COC1CNC(C)C1NC(=O)OC(C)(C)C. The maximum atomic E-state index is 11.6. The first-order valence-electron chi connectivity index (χ1n) is 5.59. The molecule has 94 valence electrons. The Balaban J connectivity index is 2.49. The average molecular weight is 230 g/mol. The third-order valence-corrected chi connectivity index (χ3v) is 2.57. The van der Waals surface area contributed by atoms with E-state index in [0.29, 0.717) is 0 Å². The van der Waals surface area contributed by atoms with Gasteiger partial charge in [-0.15, -0.1) is 0 Å². The van der Waals surface area contributed by atoms with Crippen LogP contribution in [0.2, 0.25) is 0 Å². The molecule has 0 aromatic rings. The van der Waals surface area contributed by atoms with Crippen LogP contribution in [-0.2, 0) is 9.47 Å². The number of nitrogens with one attached hydrogen (secondary N) is 2. The molecule has 1 amide bonds. The lowest BCUT2D eigenvalue weighted by atomic mass is 10.1. The molecule has 1 saturated heterocycles. The summed E-state index contributed by atoms with van der Waals surface area (Å²) >= 11 is 0. The zero-order valence-corrected chi connectivity index (χ0v) is 10.7. The van der Waals surface area contributed by atoms with Crippen LogP contribution in [0.25, 0.3) is 0 Å². The highest BCUT2D eigenvalue weighted by Crippen LogP contribution is 2.12. The van der Waals surface area contributed by atoms with Crippen LogP contribution in [0.1, 0.15) is 27.7 Å². The fraction of sp³-hybridized carbons (Fsp3) is 0.909. The monoisotopic (exact) mass is 230 g/mol. The van der Waals surface area contributed by atoms with Crippen LogP contribution in [0.3, 0.4) is 0 Å². The Morgan fingerprint density at radius 1 is 1.44 bits per heavy atom. The van der Waals surface area contributed by atoms with Crippen molar-refractivity contribution in [1.82, 2.24) is 10.6 Å². The van der Waals surface area contributed by atoms with Crippen molar-refractivity contribution in [3.05, 3.63) is 0 Å². The molecule has 2 N–H and O–H groups in total. The summed E-state index contributed by atoms with van der Waals surface area (Å²) in [6.07, 6.45) is -0.391. The van der Waals surface area contributed by atoms with Gasteiger partial charge in [0.05, 0.1) is 12.1 Å². The normalized spacial score (nSPS) is 30.2. The Bertz CT molecular complexity index is 250. The van der Waals surface area contributed by atoms with Gasteiger partial charge in [-0.3, -0.25) is 0 Å². The molecule has 16 heavy (non-hydrogen) atoms. The van der Waals surface area contributed by atoms with Gasteiger partial charge < -0.3 is 20.1 Å². The van der Waals surface area contributed by atoms with Crippen LogP contribution in [0.15, 0.2) is 0 Å². The molecule has 5 heteroatoms. The summed E-state index contributed by atoms with van der Waals surface area (Å²) in [6, 6.07) is 0.150. The molecule has 1 heterocycles. The van der Waals surface area contributed by atoms with E-state index in [-0.39, 0.29) is 18.2 Å². The largest absolute Gasteiger partial charge is 0.444 e. The molecule has 0 radical (unpaired) electrons. The van der Waals surface area contributed by atoms with Gasteiger partial charge >= 0.3 is 6.09 Å². The smallest absolute Gasteiger partial charge is 0.408 e. The Labute approximate surface area is 96.9 Å². The van der Waals surface area contributed by atoms with Gasteiger partial charge in [0.1, 0.15) is 5.60 Å². The van der Waals surface area contributed by atoms with Crippen molar-refractivity contribution in [3.63, 3.8) is 0 Å². The van der Waals surface area contributed by atoms with E-state index in [1.54, 1.807) is 7.11 Å². The zero-order chi connectivity index (χ0) is 12.3. The van der Waals surface area contributed by atoms with Gasteiger partial charge in [0.25, 0.3) is 0 Å². The molecular weight excluding hydrogens is 208 g/mol. The van der Waals surface area contributed by atoms with E-state index < -0.39 is 11.7 Å². The van der Waals surface area contributed by atoms with E-state index in [2.05, 4.69) is 10.6 Å². The van der Waals surface area contributed by atoms with Crippen molar-refractivity contribution >= 4 is 6.09 Å². The van der Waals surface area contributed by atoms with Gasteiger partial charge in [-0.05, 0) is 27.7 Å². The predicted octanol–water partition coefficient (Wildman–Crippen LogP) is 0.886. The third-order valence-electron chi connectivity index (χ3n) is 2.57. The quantitative estimate of drug-likeness (QED) is 0.739. The second kappa shape index (κ2) is 5.01. The van der Waals surface area contributed by atoms with E-state index in [1.165, 1.54) is 0 Å². The van der Waals surface area contributed by atoms with Crippen LogP contribution < -0.4 is 10.6 Å². The van der Waals surface area contributed by atoms with Crippen molar-refractivity contribution in [3.8, 4) is 0 Å². The van der Waals surface area contributed by atoms with E-state index in [9.17, 15) is 4.79 Å². The Morgan fingerprint density at radius 3 is 2.56 bits per heavy atom. The van der Waals surface area contributed by atoms with Gasteiger partial charge in [-0.2, -0.15) is 0 Å². The fourth-order valence-corrected chi connectivity index (χ4v) is 1.77. The first kappa shape index (κ1) is 13.3. The van der Waals surface area contributed by atoms with Crippen molar-refractivity contribution in [2.24, 2.45) is 0 Å².